The van der Waals surface area contributed by atoms with Gasteiger partial charge in [-0.2, -0.15) is 0 Å². The number of Topliss-reactive ketones (excluding diaryl/α,β-unsaturated/α-hetero) is 2. The van der Waals surface area contributed by atoms with Gasteiger partial charge >= 0.3 is 11.9 Å². The Kier molecular flexibility index (Phi) is 5.85. The second kappa shape index (κ2) is 9.50. The number of aryl methyl sites for hydroxylation is 1. The predicted octanol–water partition coefficient (Wildman–Crippen LogP) is 6.22. The van der Waals surface area contributed by atoms with E-state index in [4.69, 9.17) is 9.47 Å². The Bertz CT molecular complexity index is 1760. The smallest absolute Gasteiger partial charge is 0.343 e. The Balaban J connectivity index is 1.61. The molecule has 0 unspecified atom stereocenters. The van der Waals surface area contributed by atoms with Gasteiger partial charge in [0.15, 0.2) is 23.1 Å². The van der Waals surface area contributed by atoms with Crippen molar-refractivity contribution in [1.82, 2.24) is 0 Å². The van der Waals surface area contributed by atoms with Crippen LogP contribution >= 0.6 is 0 Å². The SMILES string of the molecule is Cc1ccc2c(c1)C(OC(=O)c1ccccc1)=C1C(=O)c3ccccc3C(OC(=O)c3ccccc3)=C1C2=O. The van der Waals surface area contributed by atoms with Crippen molar-refractivity contribution in [2.75, 3.05) is 0 Å². The van der Waals surface area contributed by atoms with Crippen LogP contribution in [0.1, 0.15) is 58.1 Å². The molecule has 2 aliphatic rings. The third kappa shape index (κ3) is 4.08. The molecule has 0 saturated heterocycles. The Hall–Kier alpha value is -5.36. The van der Waals surface area contributed by atoms with Crippen molar-refractivity contribution in [2.24, 2.45) is 0 Å². The first-order chi connectivity index (χ1) is 18.9. The van der Waals surface area contributed by atoms with Crippen molar-refractivity contribution in [3.63, 3.8) is 0 Å². The van der Waals surface area contributed by atoms with Crippen LogP contribution in [0, 0.1) is 6.92 Å². The second-order valence-electron chi connectivity index (χ2n) is 9.17. The number of rotatable bonds is 4. The zero-order chi connectivity index (χ0) is 27.1. The predicted molar refractivity (Wildman–Crippen MR) is 144 cm³/mol. The van der Waals surface area contributed by atoms with E-state index in [2.05, 4.69) is 0 Å². The normalized spacial score (nSPS) is 13.9. The van der Waals surface area contributed by atoms with Crippen LogP contribution in [0.25, 0.3) is 11.5 Å². The average Bonchev–Trinajstić information content (AvgIpc) is 2.97. The van der Waals surface area contributed by atoms with Crippen molar-refractivity contribution in [1.29, 1.82) is 0 Å². The number of ketones is 2. The Morgan fingerprint density at radius 3 is 1.49 bits per heavy atom. The molecule has 0 aromatic heterocycles. The first-order valence-corrected chi connectivity index (χ1v) is 12.3. The number of hydrogen-bond acceptors (Lipinski definition) is 6. The fourth-order valence-corrected chi connectivity index (χ4v) is 4.79. The molecule has 0 bridgehead atoms. The van der Waals surface area contributed by atoms with Gasteiger partial charge in [0.1, 0.15) is 0 Å². The van der Waals surface area contributed by atoms with Crippen molar-refractivity contribution in [3.8, 4) is 0 Å². The van der Waals surface area contributed by atoms with Gasteiger partial charge in [-0.3, -0.25) is 9.59 Å². The van der Waals surface area contributed by atoms with Crippen LogP contribution in [0.3, 0.4) is 0 Å². The van der Waals surface area contributed by atoms with Gasteiger partial charge in [0.05, 0.1) is 22.3 Å². The lowest BCUT2D eigenvalue weighted by molar-refractivity contribution is 0.0671. The van der Waals surface area contributed by atoms with Gasteiger partial charge in [-0.1, -0.05) is 78.4 Å². The Morgan fingerprint density at radius 1 is 0.513 bits per heavy atom. The van der Waals surface area contributed by atoms with Crippen LogP contribution in [-0.2, 0) is 9.47 Å². The molecule has 0 saturated carbocycles. The Morgan fingerprint density at radius 2 is 0.949 bits per heavy atom. The summed E-state index contributed by atoms with van der Waals surface area (Å²) in [6.45, 7) is 1.84. The summed E-state index contributed by atoms with van der Waals surface area (Å²) in [6.07, 6.45) is 0. The van der Waals surface area contributed by atoms with Crippen LogP contribution in [0.2, 0.25) is 0 Å². The van der Waals surface area contributed by atoms with E-state index >= 15 is 0 Å². The molecule has 188 valence electrons. The minimum atomic E-state index is -0.688. The highest BCUT2D eigenvalue weighted by molar-refractivity contribution is 6.34. The molecule has 0 amide bonds. The zero-order valence-electron chi connectivity index (χ0n) is 20.8. The lowest BCUT2D eigenvalue weighted by Crippen LogP contribution is -2.29. The summed E-state index contributed by atoms with van der Waals surface area (Å²) in [7, 11) is 0. The maximum atomic E-state index is 14.0. The summed E-state index contributed by atoms with van der Waals surface area (Å²) in [5, 5.41) is 0. The highest BCUT2D eigenvalue weighted by atomic mass is 16.5. The molecule has 6 heteroatoms. The number of carbonyl (C=O) groups excluding carboxylic acids is 4. The van der Waals surface area contributed by atoms with Crippen molar-refractivity contribution >= 4 is 35.0 Å². The van der Waals surface area contributed by atoms with E-state index in [1.165, 1.54) is 0 Å². The molecule has 0 radical (unpaired) electrons. The highest BCUT2D eigenvalue weighted by Crippen LogP contribution is 2.45. The summed E-state index contributed by atoms with van der Waals surface area (Å²) in [5.74, 6) is -2.49. The summed E-state index contributed by atoms with van der Waals surface area (Å²) in [5.41, 5.74) is 2.23. The fourth-order valence-electron chi connectivity index (χ4n) is 4.79. The quantitative estimate of drug-likeness (QED) is 0.302. The minimum Gasteiger partial charge on any atom is -0.421 e. The summed E-state index contributed by atoms with van der Waals surface area (Å²) < 4.78 is 11.8. The van der Waals surface area contributed by atoms with Gasteiger partial charge in [-0.15, -0.1) is 0 Å². The molecule has 6 rings (SSSR count). The molecule has 4 aromatic carbocycles. The van der Waals surface area contributed by atoms with Crippen LogP contribution < -0.4 is 0 Å². The third-order valence-corrected chi connectivity index (χ3v) is 6.65. The number of carbonyl (C=O) groups is 4. The molecular weight excluding hydrogens is 492 g/mol. The molecule has 0 N–H and O–H groups in total. The van der Waals surface area contributed by atoms with E-state index in [1.807, 2.05) is 6.92 Å². The highest BCUT2D eigenvalue weighted by Gasteiger charge is 2.43. The molecule has 0 atom stereocenters. The number of ether oxygens (including phenoxy) is 2. The maximum absolute atomic E-state index is 14.0. The van der Waals surface area contributed by atoms with Crippen molar-refractivity contribution < 1.29 is 28.7 Å². The maximum Gasteiger partial charge on any atom is 0.343 e. The average molecular weight is 513 g/mol. The van der Waals surface area contributed by atoms with Crippen LogP contribution in [-0.4, -0.2) is 23.5 Å². The number of benzene rings is 4. The molecule has 0 spiro atoms. The van der Waals surface area contributed by atoms with E-state index in [1.54, 1.807) is 103 Å². The molecular formula is C33H20O6. The standard InChI is InChI=1S/C33H20O6/c1-19-16-17-23-25(18-19)31(39-33(37)21-12-6-3-7-13-21)27-26(29(23)35)30(24-15-9-8-14-22(24)28(27)34)38-32(36)20-10-4-2-5-11-20/h2-18H,1H3. The molecule has 0 aliphatic heterocycles. The number of fused-ring (bicyclic) bond motifs is 3. The molecule has 39 heavy (non-hydrogen) atoms. The van der Waals surface area contributed by atoms with Gasteiger partial charge in [-0.25, -0.2) is 9.59 Å². The third-order valence-electron chi connectivity index (χ3n) is 6.65. The Labute approximate surface area is 223 Å². The second-order valence-corrected chi connectivity index (χ2v) is 9.17. The first kappa shape index (κ1) is 24.0. The summed E-state index contributed by atoms with van der Waals surface area (Å²) in [6, 6.07) is 28.4. The van der Waals surface area contributed by atoms with Crippen molar-refractivity contribution in [3.05, 3.63) is 153 Å². The zero-order valence-corrected chi connectivity index (χ0v) is 20.8. The minimum absolute atomic E-state index is 0.0510. The molecule has 6 nitrogen and oxygen atoms in total. The van der Waals surface area contributed by atoms with Gasteiger partial charge in [0.2, 0.25) is 0 Å². The largest absolute Gasteiger partial charge is 0.421 e. The lowest BCUT2D eigenvalue weighted by atomic mass is 9.76. The van der Waals surface area contributed by atoms with Crippen LogP contribution in [0.15, 0.2) is 114 Å². The number of hydrogen-bond donors (Lipinski definition) is 0. The molecule has 4 aromatic rings. The number of allylic oxidation sites excluding steroid dienone is 2. The van der Waals surface area contributed by atoms with Gasteiger partial charge in [0, 0.05) is 22.3 Å². The lowest BCUT2D eigenvalue weighted by Gasteiger charge is -2.29. The van der Waals surface area contributed by atoms with Gasteiger partial charge < -0.3 is 9.47 Å². The first-order valence-electron chi connectivity index (χ1n) is 12.3. The van der Waals surface area contributed by atoms with E-state index in [9.17, 15) is 19.2 Å². The van der Waals surface area contributed by atoms with E-state index in [0.29, 0.717) is 11.1 Å². The molecule has 0 heterocycles. The van der Waals surface area contributed by atoms with Crippen LogP contribution in [0.5, 0.6) is 0 Å². The van der Waals surface area contributed by atoms with E-state index in [-0.39, 0.29) is 44.9 Å². The summed E-state index contributed by atoms with van der Waals surface area (Å²) in [4.78, 5) is 54.3. The monoisotopic (exact) mass is 512 g/mol. The van der Waals surface area contributed by atoms with E-state index in [0.717, 1.165) is 5.56 Å². The van der Waals surface area contributed by atoms with Crippen molar-refractivity contribution in [2.45, 2.75) is 6.92 Å². The van der Waals surface area contributed by atoms with Gasteiger partial charge in [0.25, 0.3) is 0 Å². The summed E-state index contributed by atoms with van der Waals surface area (Å²) >= 11 is 0. The molecule has 2 aliphatic carbocycles. The fraction of sp³-hybridized carbons (Fsp3) is 0.0303. The molecule has 0 fully saturated rings. The van der Waals surface area contributed by atoms with Crippen LogP contribution in [0.4, 0.5) is 0 Å². The number of esters is 2. The van der Waals surface area contributed by atoms with Gasteiger partial charge in [-0.05, 0) is 37.3 Å². The van der Waals surface area contributed by atoms with E-state index < -0.39 is 23.5 Å². The topological polar surface area (TPSA) is 86.7 Å².